The largest absolute Gasteiger partial charge is 0.525 e. The van der Waals surface area contributed by atoms with Gasteiger partial charge in [0.05, 0.1) is 31.1 Å². The van der Waals surface area contributed by atoms with Crippen molar-refractivity contribution in [3.63, 3.8) is 0 Å². The number of hydrogen-bond donors (Lipinski definition) is 0. The SMILES string of the molecule is COC(=O)c1cn(CC(=C(F)B2OC(C)(C)C(C)(C)O2)c2ccc(C)cc2C)nn1. The Morgan fingerprint density at radius 3 is 2.40 bits per heavy atom. The van der Waals surface area contributed by atoms with Crippen molar-refractivity contribution in [2.24, 2.45) is 0 Å². The van der Waals surface area contributed by atoms with E-state index in [4.69, 9.17) is 9.31 Å². The molecule has 160 valence electrons. The number of carbonyl (C=O) groups excluding carboxylic acids is 1. The molecule has 0 spiro atoms. The molecule has 1 saturated heterocycles. The minimum Gasteiger partial charge on any atom is -0.464 e. The normalized spacial score (nSPS) is 18.3. The number of hydrogen-bond acceptors (Lipinski definition) is 6. The Kier molecular flexibility index (Phi) is 5.88. The second kappa shape index (κ2) is 7.96. The summed E-state index contributed by atoms with van der Waals surface area (Å²) in [7, 11) is 0.120. The Morgan fingerprint density at radius 1 is 1.20 bits per heavy atom. The fraction of sp³-hybridized carbons (Fsp3) is 0.476. The number of aryl methyl sites for hydroxylation is 2. The summed E-state index contributed by atoms with van der Waals surface area (Å²) >= 11 is 0. The molecule has 30 heavy (non-hydrogen) atoms. The summed E-state index contributed by atoms with van der Waals surface area (Å²) in [6, 6.07) is 5.76. The minimum atomic E-state index is -1.14. The molecule has 1 aromatic carbocycles. The molecule has 0 atom stereocenters. The predicted molar refractivity (Wildman–Crippen MR) is 111 cm³/mol. The zero-order chi connectivity index (χ0) is 22.3. The zero-order valence-electron chi connectivity index (χ0n) is 18.4. The molecule has 9 heteroatoms. The fourth-order valence-electron chi connectivity index (χ4n) is 3.27. The molecule has 0 unspecified atom stereocenters. The highest BCUT2D eigenvalue weighted by Gasteiger charge is 2.53. The number of benzene rings is 1. The lowest BCUT2D eigenvalue weighted by atomic mass is 9.81. The quantitative estimate of drug-likeness (QED) is 0.548. The van der Waals surface area contributed by atoms with E-state index in [2.05, 4.69) is 15.0 Å². The molecule has 0 amide bonds. The number of carbonyl (C=O) groups is 1. The number of allylic oxidation sites excluding steroid dienone is 1. The zero-order valence-corrected chi connectivity index (χ0v) is 18.4. The first-order valence-electron chi connectivity index (χ1n) is 9.75. The van der Waals surface area contributed by atoms with Gasteiger partial charge in [0.15, 0.2) is 5.69 Å². The van der Waals surface area contributed by atoms with Gasteiger partial charge in [0.2, 0.25) is 0 Å². The molecule has 0 aliphatic carbocycles. The van der Waals surface area contributed by atoms with Crippen LogP contribution in [0.3, 0.4) is 0 Å². The number of aromatic nitrogens is 3. The van der Waals surface area contributed by atoms with E-state index in [9.17, 15) is 4.79 Å². The maximum atomic E-state index is 15.8. The second-order valence-corrected chi connectivity index (χ2v) is 8.53. The summed E-state index contributed by atoms with van der Waals surface area (Å²) in [6.07, 6.45) is 1.42. The van der Waals surface area contributed by atoms with Gasteiger partial charge >= 0.3 is 13.1 Å². The third kappa shape index (κ3) is 4.18. The first kappa shape index (κ1) is 22.2. The van der Waals surface area contributed by atoms with Crippen LogP contribution in [-0.2, 0) is 20.6 Å². The van der Waals surface area contributed by atoms with Crippen molar-refractivity contribution in [1.29, 1.82) is 0 Å². The Morgan fingerprint density at radius 2 is 1.83 bits per heavy atom. The van der Waals surface area contributed by atoms with Crippen LogP contribution in [0.1, 0.15) is 54.9 Å². The van der Waals surface area contributed by atoms with Crippen LogP contribution in [-0.4, -0.2) is 46.4 Å². The van der Waals surface area contributed by atoms with Crippen molar-refractivity contribution in [2.75, 3.05) is 7.11 Å². The lowest BCUT2D eigenvalue weighted by Gasteiger charge is -2.32. The Bertz CT molecular complexity index is 984. The highest BCUT2D eigenvalue weighted by molar-refractivity contribution is 6.55. The van der Waals surface area contributed by atoms with Crippen LogP contribution in [0, 0.1) is 13.8 Å². The molecule has 1 aromatic heterocycles. The van der Waals surface area contributed by atoms with E-state index in [1.165, 1.54) is 18.0 Å². The molecule has 7 nitrogen and oxygen atoms in total. The van der Waals surface area contributed by atoms with E-state index < -0.39 is 30.0 Å². The van der Waals surface area contributed by atoms with Crippen LogP contribution in [0.2, 0.25) is 0 Å². The van der Waals surface area contributed by atoms with Crippen molar-refractivity contribution in [2.45, 2.75) is 59.3 Å². The Labute approximate surface area is 176 Å². The van der Waals surface area contributed by atoms with Crippen LogP contribution in [0.5, 0.6) is 0 Å². The van der Waals surface area contributed by atoms with Gasteiger partial charge in [-0.3, -0.25) is 0 Å². The van der Waals surface area contributed by atoms with Crippen LogP contribution >= 0.6 is 0 Å². The van der Waals surface area contributed by atoms with E-state index in [-0.39, 0.29) is 12.2 Å². The number of halogens is 1. The Hall–Kier alpha value is -2.52. The maximum absolute atomic E-state index is 15.8. The van der Waals surface area contributed by atoms with E-state index in [0.29, 0.717) is 11.1 Å². The molecule has 0 N–H and O–H groups in total. The number of ether oxygens (including phenoxy) is 1. The molecule has 0 bridgehead atoms. The van der Waals surface area contributed by atoms with Gasteiger partial charge < -0.3 is 14.0 Å². The molecule has 1 aliphatic heterocycles. The lowest BCUT2D eigenvalue weighted by Crippen LogP contribution is -2.41. The molecule has 1 fully saturated rings. The molecule has 2 aromatic rings. The van der Waals surface area contributed by atoms with Crippen LogP contribution in [0.4, 0.5) is 4.39 Å². The van der Waals surface area contributed by atoms with Crippen molar-refractivity contribution >= 4 is 18.7 Å². The summed E-state index contributed by atoms with van der Waals surface area (Å²) < 4.78 is 33.7. The highest BCUT2D eigenvalue weighted by atomic mass is 19.1. The average Bonchev–Trinajstić information content (AvgIpc) is 3.21. The van der Waals surface area contributed by atoms with E-state index in [0.717, 1.165) is 11.1 Å². The van der Waals surface area contributed by atoms with Crippen molar-refractivity contribution in [1.82, 2.24) is 15.0 Å². The summed E-state index contributed by atoms with van der Waals surface area (Å²) in [5.74, 6) is -0.607. The van der Waals surface area contributed by atoms with Gasteiger partial charge in [0.25, 0.3) is 0 Å². The number of methoxy groups -OCH3 is 1. The Balaban J connectivity index is 2.05. The monoisotopic (exact) mass is 415 g/mol. The summed E-state index contributed by atoms with van der Waals surface area (Å²) in [5.41, 5.74) is 1.21. The van der Waals surface area contributed by atoms with E-state index in [1.54, 1.807) is 0 Å². The molecular weight excluding hydrogens is 388 g/mol. The summed E-state index contributed by atoms with van der Waals surface area (Å²) in [6.45, 7) is 11.4. The first-order chi connectivity index (χ1) is 13.9. The van der Waals surface area contributed by atoms with Crippen molar-refractivity contribution in [3.8, 4) is 0 Å². The van der Waals surface area contributed by atoms with Gasteiger partial charge in [-0.2, -0.15) is 0 Å². The first-order valence-corrected chi connectivity index (χ1v) is 9.75. The van der Waals surface area contributed by atoms with Crippen LogP contribution in [0.15, 0.2) is 30.1 Å². The van der Waals surface area contributed by atoms with Gasteiger partial charge in [0.1, 0.15) is 5.73 Å². The molecule has 0 saturated carbocycles. The third-order valence-corrected chi connectivity index (χ3v) is 5.71. The fourth-order valence-corrected chi connectivity index (χ4v) is 3.27. The summed E-state index contributed by atoms with van der Waals surface area (Å²) in [4.78, 5) is 11.7. The van der Waals surface area contributed by atoms with Gasteiger partial charge in [-0.15, -0.1) is 5.10 Å². The molecule has 0 radical (unpaired) electrons. The number of esters is 1. The van der Waals surface area contributed by atoms with Crippen LogP contribution in [0.25, 0.3) is 5.57 Å². The molecular formula is C21H27BFN3O4. The second-order valence-electron chi connectivity index (χ2n) is 8.53. The van der Waals surface area contributed by atoms with Crippen molar-refractivity contribution < 1.29 is 23.2 Å². The minimum absolute atomic E-state index is 0.0454. The average molecular weight is 415 g/mol. The highest BCUT2D eigenvalue weighted by Crippen LogP contribution is 2.40. The van der Waals surface area contributed by atoms with Gasteiger partial charge in [-0.1, -0.05) is 29.0 Å². The smallest absolute Gasteiger partial charge is 0.464 e. The molecule has 3 rings (SSSR count). The van der Waals surface area contributed by atoms with Crippen molar-refractivity contribution in [3.05, 3.63) is 52.5 Å². The third-order valence-electron chi connectivity index (χ3n) is 5.71. The lowest BCUT2D eigenvalue weighted by molar-refractivity contribution is 0.00578. The number of nitrogens with zero attached hydrogens (tertiary/aromatic N) is 3. The van der Waals surface area contributed by atoms with Crippen LogP contribution < -0.4 is 0 Å². The summed E-state index contributed by atoms with van der Waals surface area (Å²) in [5, 5.41) is 7.75. The standard InChI is InChI=1S/C21H27BFN3O4/c1-13-8-9-15(14(2)10-13)16(11-26-12-17(24-25-26)19(27)28-7)18(23)22-29-20(3,4)21(5,6)30-22/h8-10,12H,11H2,1-7H3. The van der Waals surface area contributed by atoms with Gasteiger partial charge in [-0.05, 0) is 52.7 Å². The van der Waals surface area contributed by atoms with Gasteiger partial charge in [0, 0.05) is 5.57 Å². The maximum Gasteiger partial charge on any atom is 0.525 e. The topological polar surface area (TPSA) is 75.5 Å². The number of rotatable bonds is 5. The van der Waals surface area contributed by atoms with Gasteiger partial charge in [-0.25, -0.2) is 13.9 Å². The van der Waals surface area contributed by atoms with E-state index in [1.807, 2.05) is 59.7 Å². The predicted octanol–water partition coefficient (Wildman–Crippen LogP) is 3.69. The van der Waals surface area contributed by atoms with E-state index >= 15 is 4.39 Å². The molecule has 2 heterocycles. The molecule has 1 aliphatic rings.